The first-order valence-corrected chi connectivity index (χ1v) is 4.65. The van der Waals surface area contributed by atoms with Gasteiger partial charge in [-0.15, -0.1) is 0 Å². The van der Waals surface area contributed by atoms with Gasteiger partial charge in [0, 0.05) is 6.54 Å². The van der Waals surface area contributed by atoms with Crippen LogP contribution in [-0.4, -0.2) is 19.2 Å². The van der Waals surface area contributed by atoms with E-state index in [0.717, 1.165) is 5.56 Å². The molecule has 5 heteroatoms. The summed E-state index contributed by atoms with van der Waals surface area (Å²) in [6.45, 7) is 1.04. The lowest BCUT2D eigenvalue weighted by atomic mass is 10.1. The zero-order valence-electron chi connectivity index (χ0n) is 8.07. The predicted octanol–water partition coefficient (Wildman–Crippen LogP) is 1.24. The summed E-state index contributed by atoms with van der Waals surface area (Å²) in [5.41, 5.74) is 6.74. The fourth-order valence-electron chi connectivity index (χ4n) is 1.57. The monoisotopic (exact) mass is 210 g/mol. The van der Waals surface area contributed by atoms with E-state index < -0.39 is 6.09 Å². The molecule has 1 amide bonds. The number of anilines is 1. The molecule has 2 rings (SSSR count). The smallest absolute Gasteiger partial charge is 0.414 e. The van der Waals surface area contributed by atoms with Gasteiger partial charge in [0.25, 0.3) is 0 Å². The number of hydrogen-bond acceptors (Lipinski definition) is 3. The van der Waals surface area contributed by atoms with E-state index in [2.05, 4.69) is 0 Å². The molecule has 0 bridgehead atoms. The third-order valence-electron chi connectivity index (χ3n) is 2.32. The molecule has 1 heterocycles. The van der Waals surface area contributed by atoms with Gasteiger partial charge >= 0.3 is 6.09 Å². The van der Waals surface area contributed by atoms with Crippen molar-refractivity contribution >= 4 is 11.8 Å². The van der Waals surface area contributed by atoms with Gasteiger partial charge in [0.05, 0.1) is 12.2 Å². The molecule has 0 saturated carbocycles. The Morgan fingerprint density at radius 2 is 2.33 bits per heavy atom. The van der Waals surface area contributed by atoms with Crippen LogP contribution < -0.4 is 10.6 Å². The topological polar surface area (TPSA) is 55.6 Å². The van der Waals surface area contributed by atoms with Crippen LogP contribution in [0.4, 0.5) is 14.9 Å². The average Bonchev–Trinajstić information content (AvgIpc) is 2.64. The number of benzene rings is 1. The Morgan fingerprint density at radius 3 is 2.93 bits per heavy atom. The van der Waals surface area contributed by atoms with E-state index in [4.69, 9.17) is 10.5 Å². The Labute approximate surface area is 86.4 Å². The van der Waals surface area contributed by atoms with Gasteiger partial charge in [0.15, 0.2) is 0 Å². The summed E-state index contributed by atoms with van der Waals surface area (Å²) in [5.74, 6) is -0.387. The second-order valence-corrected chi connectivity index (χ2v) is 3.24. The van der Waals surface area contributed by atoms with Crippen molar-refractivity contribution in [3.63, 3.8) is 0 Å². The van der Waals surface area contributed by atoms with Gasteiger partial charge in [-0.2, -0.15) is 0 Å². The van der Waals surface area contributed by atoms with Gasteiger partial charge in [0.2, 0.25) is 0 Å². The van der Waals surface area contributed by atoms with E-state index in [-0.39, 0.29) is 12.4 Å². The lowest BCUT2D eigenvalue weighted by molar-refractivity contribution is 0.181. The van der Waals surface area contributed by atoms with Gasteiger partial charge in [-0.25, -0.2) is 9.18 Å². The van der Waals surface area contributed by atoms with Gasteiger partial charge in [-0.1, -0.05) is 6.07 Å². The summed E-state index contributed by atoms with van der Waals surface area (Å²) < 4.78 is 17.8. The number of rotatable bonds is 2. The minimum atomic E-state index is -0.449. The number of hydrogen-bond donors (Lipinski definition) is 1. The molecule has 0 spiro atoms. The number of ether oxygens (including phenoxy) is 1. The summed E-state index contributed by atoms with van der Waals surface area (Å²) in [4.78, 5) is 12.7. The Bertz CT molecular complexity index is 395. The summed E-state index contributed by atoms with van der Waals surface area (Å²) in [6, 6.07) is 4.21. The molecule has 15 heavy (non-hydrogen) atoms. The summed E-state index contributed by atoms with van der Waals surface area (Å²) in [6.07, 6.45) is -0.449. The fraction of sp³-hybridized carbons (Fsp3) is 0.300. The van der Waals surface area contributed by atoms with Crippen molar-refractivity contribution in [2.24, 2.45) is 5.73 Å². The van der Waals surface area contributed by atoms with Crippen LogP contribution in [0.2, 0.25) is 0 Å². The van der Waals surface area contributed by atoms with Crippen molar-refractivity contribution in [2.75, 3.05) is 18.1 Å². The average molecular weight is 210 g/mol. The molecule has 1 aromatic carbocycles. The Hall–Kier alpha value is -1.62. The predicted molar refractivity (Wildman–Crippen MR) is 53.0 cm³/mol. The maximum atomic E-state index is 13.0. The van der Waals surface area contributed by atoms with Gasteiger partial charge in [0.1, 0.15) is 12.4 Å². The summed E-state index contributed by atoms with van der Waals surface area (Å²) >= 11 is 0. The quantitative estimate of drug-likeness (QED) is 0.799. The Kier molecular flexibility index (Phi) is 2.55. The summed E-state index contributed by atoms with van der Waals surface area (Å²) in [7, 11) is 0. The van der Waals surface area contributed by atoms with E-state index in [0.29, 0.717) is 18.8 Å². The van der Waals surface area contributed by atoms with Crippen LogP contribution >= 0.6 is 0 Å². The third kappa shape index (κ3) is 1.78. The normalized spacial score (nSPS) is 15.6. The first-order chi connectivity index (χ1) is 7.22. The lowest BCUT2D eigenvalue weighted by Gasteiger charge is -2.16. The third-order valence-corrected chi connectivity index (χ3v) is 2.32. The highest BCUT2D eigenvalue weighted by Gasteiger charge is 2.25. The van der Waals surface area contributed by atoms with E-state index in [1.54, 1.807) is 6.07 Å². The van der Waals surface area contributed by atoms with Crippen LogP contribution in [0.5, 0.6) is 0 Å². The zero-order chi connectivity index (χ0) is 10.8. The minimum absolute atomic E-state index is 0.263. The van der Waals surface area contributed by atoms with Crippen LogP contribution in [0.3, 0.4) is 0 Å². The van der Waals surface area contributed by atoms with Crippen molar-refractivity contribution in [1.29, 1.82) is 0 Å². The van der Waals surface area contributed by atoms with E-state index in [1.165, 1.54) is 17.0 Å². The maximum Gasteiger partial charge on any atom is 0.414 e. The first kappa shape index (κ1) is 9.92. The van der Waals surface area contributed by atoms with Crippen molar-refractivity contribution in [2.45, 2.75) is 6.54 Å². The fourth-order valence-corrected chi connectivity index (χ4v) is 1.57. The lowest BCUT2D eigenvalue weighted by Crippen LogP contribution is -2.25. The molecule has 80 valence electrons. The molecule has 0 radical (unpaired) electrons. The molecule has 1 fully saturated rings. The molecule has 4 nitrogen and oxygen atoms in total. The number of nitrogens with two attached hydrogens (primary N) is 1. The van der Waals surface area contributed by atoms with Crippen LogP contribution in [0.1, 0.15) is 5.56 Å². The van der Waals surface area contributed by atoms with Crippen LogP contribution in [0.25, 0.3) is 0 Å². The standard InChI is InChI=1S/C10H11FN2O2/c11-8-2-1-7(6-12)9(5-8)13-3-4-15-10(13)14/h1-2,5H,3-4,6,12H2. The molecule has 0 aliphatic carbocycles. The molecule has 1 saturated heterocycles. The van der Waals surface area contributed by atoms with Gasteiger partial charge in [-0.05, 0) is 17.7 Å². The van der Waals surface area contributed by atoms with Crippen molar-refractivity contribution < 1.29 is 13.9 Å². The number of carbonyl (C=O) groups is 1. The molecular formula is C10H11FN2O2. The highest BCUT2D eigenvalue weighted by Crippen LogP contribution is 2.24. The largest absolute Gasteiger partial charge is 0.447 e. The molecule has 1 aliphatic heterocycles. The van der Waals surface area contributed by atoms with Crippen molar-refractivity contribution in [1.82, 2.24) is 0 Å². The number of carbonyl (C=O) groups excluding carboxylic acids is 1. The number of amides is 1. The zero-order valence-corrected chi connectivity index (χ0v) is 8.07. The van der Waals surface area contributed by atoms with Crippen molar-refractivity contribution in [3.8, 4) is 0 Å². The van der Waals surface area contributed by atoms with Crippen LogP contribution in [-0.2, 0) is 11.3 Å². The second kappa shape index (κ2) is 3.86. The molecular weight excluding hydrogens is 199 g/mol. The highest BCUT2D eigenvalue weighted by molar-refractivity contribution is 5.90. The SMILES string of the molecule is NCc1ccc(F)cc1N1CCOC1=O. The number of nitrogens with zero attached hydrogens (tertiary/aromatic N) is 1. The Morgan fingerprint density at radius 1 is 1.53 bits per heavy atom. The van der Waals surface area contributed by atoms with Crippen LogP contribution in [0, 0.1) is 5.82 Å². The molecule has 0 unspecified atom stereocenters. The Balaban J connectivity index is 2.40. The molecule has 1 aromatic rings. The first-order valence-electron chi connectivity index (χ1n) is 4.65. The number of cyclic esters (lactones) is 1. The molecule has 0 aromatic heterocycles. The van der Waals surface area contributed by atoms with E-state index in [9.17, 15) is 9.18 Å². The second-order valence-electron chi connectivity index (χ2n) is 3.24. The molecule has 1 aliphatic rings. The highest BCUT2D eigenvalue weighted by atomic mass is 19.1. The van der Waals surface area contributed by atoms with Crippen LogP contribution in [0.15, 0.2) is 18.2 Å². The maximum absolute atomic E-state index is 13.0. The van der Waals surface area contributed by atoms with E-state index in [1.807, 2.05) is 0 Å². The van der Waals surface area contributed by atoms with Crippen molar-refractivity contribution in [3.05, 3.63) is 29.6 Å². The van der Waals surface area contributed by atoms with E-state index >= 15 is 0 Å². The van der Waals surface area contributed by atoms with Gasteiger partial charge < -0.3 is 10.5 Å². The molecule has 0 atom stereocenters. The molecule has 2 N–H and O–H groups in total. The minimum Gasteiger partial charge on any atom is -0.447 e. The van der Waals surface area contributed by atoms with Gasteiger partial charge in [-0.3, -0.25) is 4.90 Å². The summed E-state index contributed by atoms with van der Waals surface area (Å²) in [5, 5.41) is 0. The number of halogens is 1.